The lowest BCUT2D eigenvalue weighted by Gasteiger charge is -2.10. The second-order valence-electron chi connectivity index (χ2n) is 3.01. The highest BCUT2D eigenvalue weighted by Crippen LogP contribution is 2.22. The monoisotopic (exact) mass is 162 g/mol. The zero-order chi connectivity index (χ0) is 9.72. The molecule has 0 heterocycles. The van der Waals surface area contributed by atoms with E-state index in [0.717, 1.165) is 23.1 Å². The molecule has 0 bridgehead atoms. The van der Waals surface area contributed by atoms with E-state index in [1.807, 2.05) is 19.9 Å². The molecule has 0 fully saturated rings. The maximum Gasteiger partial charge on any atom is -0.0205 e. The van der Waals surface area contributed by atoms with Crippen molar-refractivity contribution in [2.45, 2.75) is 27.2 Å². The maximum absolute atomic E-state index is 3.93. The average molecular weight is 162 g/mol. The van der Waals surface area contributed by atoms with Gasteiger partial charge in [-0.05, 0) is 31.4 Å². The van der Waals surface area contributed by atoms with Gasteiger partial charge in [-0.25, -0.2) is 0 Å². The summed E-state index contributed by atoms with van der Waals surface area (Å²) in [5.74, 6) is 0. The van der Waals surface area contributed by atoms with Crippen LogP contribution in [0.1, 0.15) is 27.2 Å². The molecule has 0 aromatic rings. The van der Waals surface area contributed by atoms with E-state index < -0.39 is 0 Å². The summed E-state index contributed by atoms with van der Waals surface area (Å²) >= 11 is 0. The Kier molecular flexibility index (Phi) is 4.35. The highest BCUT2D eigenvalue weighted by atomic mass is 14.1. The standard InChI is InChI=1S/C12H18/c1-7-11(9(3)4)12(8-2)10(5)6/h7H,1,3,5,8H2,2,4,6H3/b12-11-. The van der Waals surface area contributed by atoms with Crippen molar-refractivity contribution < 1.29 is 0 Å². The summed E-state index contributed by atoms with van der Waals surface area (Å²) in [6, 6.07) is 0. The molecule has 0 nitrogen and oxygen atoms in total. The van der Waals surface area contributed by atoms with E-state index in [0.29, 0.717) is 0 Å². The van der Waals surface area contributed by atoms with Crippen LogP contribution in [0.2, 0.25) is 0 Å². The van der Waals surface area contributed by atoms with Crippen LogP contribution in [0.3, 0.4) is 0 Å². The average Bonchev–Trinajstić information content (AvgIpc) is 1.98. The van der Waals surface area contributed by atoms with E-state index in [9.17, 15) is 0 Å². The van der Waals surface area contributed by atoms with Crippen LogP contribution < -0.4 is 0 Å². The predicted octanol–water partition coefficient (Wildman–Crippen LogP) is 4.03. The minimum absolute atomic E-state index is 0.990. The Morgan fingerprint density at radius 1 is 1.17 bits per heavy atom. The van der Waals surface area contributed by atoms with Gasteiger partial charge in [0.1, 0.15) is 0 Å². The van der Waals surface area contributed by atoms with E-state index in [4.69, 9.17) is 0 Å². The minimum Gasteiger partial charge on any atom is -0.0985 e. The molecular formula is C12H18. The molecule has 0 aliphatic rings. The summed E-state index contributed by atoms with van der Waals surface area (Å²) in [7, 11) is 0. The Hall–Kier alpha value is -1.04. The first-order valence-corrected chi connectivity index (χ1v) is 4.21. The van der Waals surface area contributed by atoms with Crippen molar-refractivity contribution in [3.8, 4) is 0 Å². The highest BCUT2D eigenvalue weighted by molar-refractivity contribution is 5.46. The minimum atomic E-state index is 0.990. The van der Waals surface area contributed by atoms with Gasteiger partial charge in [-0.2, -0.15) is 0 Å². The van der Waals surface area contributed by atoms with E-state index in [-0.39, 0.29) is 0 Å². The molecule has 0 aliphatic carbocycles. The maximum atomic E-state index is 3.93. The first-order valence-electron chi connectivity index (χ1n) is 4.21. The SMILES string of the molecule is C=C/C(C(=C)C)=C(\CC)C(=C)C. The normalized spacial score (nSPS) is 11.9. The fourth-order valence-corrected chi connectivity index (χ4v) is 1.28. The third-order valence-corrected chi connectivity index (χ3v) is 1.86. The van der Waals surface area contributed by atoms with Gasteiger partial charge < -0.3 is 0 Å². The zero-order valence-electron chi connectivity index (χ0n) is 8.41. The van der Waals surface area contributed by atoms with Crippen LogP contribution in [-0.2, 0) is 0 Å². The fraction of sp³-hybridized carbons (Fsp3) is 0.333. The molecule has 66 valence electrons. The quantitative estimate of drug-likeness (QED) is 0.547. The lowest BCUT2D eigenvalue weighted by molar-refractivity contribution is 1.08. The van der Waals surface area contributed by atoms with Gasteiger partial charge in [-0.3, -0.25) is 0 Å². The molecule has 0 N–H and O–H groups in total. The number of rotatable bonds is 4. The van der Waals surface area contributed by atoms with Gasteiger partial charge in [0.2, 0.25) is 0 Å². The van der Waals surface area contributed by atoms with Gasteiger partial charge in [0.05, 0.1) is 0 Å². The third kappa shape index (κ3) is 2.54. The summed E-state index contributed by atoms with van der Waals surface area (Å²) < 4.78 is 0. The molecular weight excluding hydrogens is 144 g/mol. The summed E-state index contributed by atoms with van der Waals surface area (Å²) in [5, 5.41) is 0. The van der Waals surface area contributed by atoms with Crippen LogP contribution in [0.15, 0.2) is 48.1 Å². The fourth-order valence-electron chi connectivity index (χ4n) is 1.28. The lowest BCUT2D eigenvalue weighted by Crippen LogP contribution is -1.90. The van der Waals surface area contributed by atoms with E-state index in [1.54, 1.807) is 0 Å². The van der Waals surface area contributed by atoms with E-state index >= 15 is 0 Å². The van der Waals surface area contributed by atoms with Crippen LogP contribution >= 0.6 is 0 Å². The second-order valence-corrected chi connectivity index (χ2v) is 3.01. The molecule has 0 rings (SSSR count). The number of allylic oxidation sites excluding steroid dienone is 5. The predicted molar refractivity (Wildman–Crippen MR) is 57.1 cm³/mol. The molecule has 0 saturated carbocycles. The Morgan fingerprint density at radius 3 is 1.75 bits per heavy atom. The molecule has 0 aromatic carbocycles. The van der Waals surface area contributed by atoms with Crippen LogP contribution in [-0.4, -0.2) is 0 Å². The van der Waals surface area contributed by atoms with E-state index in [2.05, 4.69) is 26.7 Å². The Balaban J connectivity index is 5.15. The van der Waals surface area contributed by atoms with Crippen LogP contribution in [0, 0.1) is 0 Å². The smallest absolute Gasteiger partial charge is 0.0205 e. The van der Waals surface area contributed by atoms with Crippen molar-refractivity contribution in [2.75, 3.05) is 0 Å². The van der Waals surface area contributed by atoms with Crippen molar-refractivity contribution in [1.29, 1.82) is 0 Å². The van der Waals surface area contributed by atoms with Crippen LogP contribution in [0.25, 0.3) is 0 Å². The van der Waals surface area contributed by atoms with Gasteiger partial charge in [-0.1, -0.05) is 43.9 Å². The lowest BCUT2D eigenvalue weighted by atomic mass is 9.96. The van der Waals surface area contributed by atoms with E-state index in [1.165, 1.54) is 5.57 Å². The Labute approximate surface area is 76.0 Å². The third-order valence-electron chi connectivity index (χ3n) is 1.86. The van der Waals surface area contributed by atoms with Crippen LogP contribution in [0.5, 0.6) is 0 Å². The van der Waals surface area contributed by atoms with Crippen molar-refractivity contribution in [3.63, 3.8) is 0 Å². The molecule has 12 heavy (non-hydrogen) atoms. The molecule has 0 amide bonds. The molecule has 0 radical (unpaired) electrons. The first-order chi connectivity index (χ1) is 5.54. The first kappa shape index (κ1) is 11.0. The van der Waals surface area contributed by atoms with Gasteiger partial charge >= 0.3 is 0 Å². The highest BCUT2D eigenvalue weighted by Gasteiger charge is 2.02. The summed E-state index contributed by atoms with van der Waals surface area (Å²) in [4.78, 5) is 0. The summed E-state index contributed by atoms with van der Waals surface area (Å²) in [5.41, 5.74) is 4.57. The van der Waals surface area contributed by atoms with Crippen LogP contribution in [0.4, 0.5) is 0 Å². The number of hydrogen-bond acceptors (Lipinski definition) is 0. The van der Waals surface area contributed by atoms with Gasteiger partial charge in [0.15, 0.2) is 0 Å². The molecule has 0 aromatic heterocycles. The molecule has 0 atom stereocenters. The molecule has 0 spiro atoms. The van der Waals surface area contributed by atoms with Gasteiger partial charge in [0, 0.05) is 0 Å². The largest absolute Gasteiger partial charge is 0.0985 e. The molecule has 0 saturated heterocycles. The second kappa shape index (κ2) is 4.76. The molecule has 0 unspecified atom stereocenters. The van der Waals surface area contributed by atoms with Gasteiger partial charge in [-0.15, -0.1) is 0 Å². The van der Waals surface area contributed by atoms with Crippen molar-refractivity contribution in [2.24, 2.45) is 0 Å². The van der Waals surface area contributed by atoms with Crippen molar-refractivity contribution >= 4 is 0 Å². The van der Waals surface area contributed by atoms with Crippen molar-refractivity contribution in [3.05, 3.63) is 48.1 Å². The van der Waals surface area contributed by atoms with Gasteiger partial charge in [0.25, 0.3) is 0 Å². The molecule has 0 heteroatoms. The molecule has 0 aliphatic heterocycles. The Bertz CT molecular complexity index is 239. The zero-order valence-corrected chi connectivity index (χ0v) is 8.41. The van der Waals surface area contributed by atoms with Crippen molar-refractivity contribution in [1.82, 2.24) is 0 Å². The number of hydrogen-bond donors (Lipinski definition) is 0. The summed E-state index contributed by atoms with van der Waals surface area (Å²) in [6.07, 6.45) is 2.85. The Morgan fingerprint density at radius 2 is 1.67 bits per heavy atom. The topological polar surface area (TPSA) is 0 Å². The summed E-state index contributed by atoms with van der Waals surface area (Å²) in [6.45, 7) is 17.7.